The Morgan fingerprint density at radius 1 is 1.70 bits per heavy atom. The molecule has 0 heterocycles. The van der Waals surface area contributed by atoms with Gasteiger partial charge in [-0.2, -0.15) is 5.26 Å². The smallest absolute Gasteiger partial charge is 0.137 e. The predicted octanol–water partition coefficient (Wildman–Crippen LogP) is 1.52. The van der Waals surface area contributed by atoms with E-state index in [0.717, 1.165) is 12.8 Å². The number of hydrogen-bond acceptors (Lipinski definition) is 2. The molecule has 2 nitrogen and oxygen atoms in total. The van der Waals surface area contributed by atoms with E-state index in [4.69, 9.17) is 5.26 Å². The summed E-state index contributed by atoms with van der Waals surface area (Å²) in [7, 11) is 0. The first-order chi connectivity index (χ1) is 4.75. The fraction of sp³-hybridized carbons (Fsp3) is 0.750. The third-order valence-electron chi connectivity index (χ3n) is 2.22. The first kappa shape index (κ1) is 7.27. The standard InChI is InChI=1S/C8H11NO/c1-6-7(5-9)3-2-4-8(6)10/h6-7H,2-4H2,1H3/t6-,7+/m0/s1. The summed E-state index contributed by atoms with van der Waals surface area (Å²) in [5.74, 6) is 0.234. The average molecular weight is 137 g/mol. The average Bonchev–Trinajstić information content (AvgIpc) is 1.95. The molecule has 0 aromatic rings. The van der Waals surface area contributed by atoms with Gasteiger partial charge in [0.05, 0.1) is 12.0 Å². The number of hydrogen-bond donors (Lipinski definition) is 0. The molecule has 0 saturated heterocycles. The molecule has 2 heteroatoms. The van der Waals surface area contributed by atoms with Gasteiger partial charge >= 0.3 is 0 Å². The molecule has 0 spiro atoms. The Kier molecular flexibility index (Phi) is 2.06. The molecule has 1 rings (SSSR count). The first-order valence-corrected chi connectivity index (χ1v) is 3.68. The Morgan fingerprint density at radius 2 is 2.40 bits per heavy atom. The number of carbonyl (C=O) groups is 1. The minimum absolute atomic E-state index is 0.0127. The fourth-order valence-corrected chi connectivity index (χ4v) is 1.37. The van der Waals surface area contributed by atoms with E-state index in [0.29, 0.717) is 6.42 Å². The maximum Gasteiger partial charge on any atom is 0.137 e. The zero-order valence-electron chi connectivity index (χ0n) is 6.13. The number of rotatable bonds is 0. The van der Waals surface area contributed by atoms with Crippen LogP contribution in [0.2, 0.25) is 0 Å². The predicted molar refractivity (Wildman–Crippen MR) is 37.1 cm³/mol. The number of Topliss-reactive ketones (excluding diaryl/α,β-unsaturated/α-hetero) is 1. The van der Waals surface area contributed by atoms with Gasteiger partial charge in [-0.3, -0.25) is 4.79 Å². The fourth-order valence-electron chi connectivity index (χ4n) is 1.37. The summed E-state index contributed by atoms with van der Waals surface area (Å²) in [6.07, 6.45) is 2.49. The number of nitriles is 1. The van der Waals surface area contributed by atoms with Crippen molar-refractivity contribution in [1.29, 1.82) is 5.26 Å². The second-order valence-corrected chi connectivity index (χ2v) is 2.88. The van der Waals surface area contributed by atoms with Crippen molar-refractivity contribution in [2.24, 2.45) is 11.8 Å². The maximum atomic E-state index is 11.0. The van der Waals surface area contributed by atoms with Gasteiger partial charge < -0.3 is 0 Å². The van der Waals surface area contributed by atoms with Crippen LogP contribution in [0.3, 0.4) is 0 Å². The molecule has 0 bridgehead atoms. The monoisotopic (exact) mass is 137 g/mol. The van der Waals surface area contributed by atoms with Crippen LogP contribution in [-0.4, -0.2) is 5.78 Å². The van der Waals surface area contributed by atoms with Gasteiger partial charge in [0.2, 0.25) is 0 Å². The lowest BCUT2D eigenvalue weighted by molar-refractivity contribution is -0.125. The second kappa shape index (κ2) is 2.83. The number of carbonyl (C=O) groups excluding carboxylic acids is 1. The summed E-state index contributed by atoms with van der Waals surface area (Å²) in [5.41, 5.74) is 0. The third-order valence-corrected chi connectivity index (χ3v) is 2.22. The van der Waals surface area contributed by atoms with Crippen LogP contribution in [0.15, 0.2) is 0 Å². The third kappa shape index (κ3) is 1.18. The van der Waals surface area contributed by atoms with Gasteiger partial charge in [0, 0.05) is 12.3 Å². The second-order valence-electron chi connectivity index (χ2n) is 2.88. The van der Waals surface area contributed by atoms with Crippen molar-refractivity contribution in [3.63, 3.8) is 0 Å². The Hall–Kier alpha value is -0.840. The summed E-state index contributed by atoms with van der Waals surface area (Å²) in [4.78, 5) is 11.0. The van der Waals surface area contributed by atoms with Crippen molar-refractivity contribution in [2.75, 3.05) is 0 Å². The van der Waals surface area contributed by atoms with E-state index in [1.807, 2.05) is 6.92 Å². The summed E-state index contributed by atoms with van der Waals surface area (Å²) in [6, 6.07) is 2.16. The zero-order valence-corrected chi connectivity index (χ0v) is 6.13. The SMILES string of the molecule is C[C@@H]1C(=O)CCC[C@@H]1C#N. The van der Waals surface area contributed by atoms with Crippen LogP contribution in [0.5, 0.6) is 0 Å². The van der Waals surface area contributed by atoms with E-state index in [1.165, 1.54) is 0 Å². The molecule has 0 amide bonds. The van der Waals surface area contributed by atoms with Gasteiger partial charge in [-0.25, -0.2) is 0 Å². The largest absolute Gasteiger partial charge is 0.299 e. The van der Waals surface area contributed by atoms with E-state index in [2.05, 4.69) is 6.07 Å². The van der Waals surface area contributed by atoms with E-state index in [9.17, 15) is 4.79 Å². The molecule has 0 radical (unpaired) electrons. The molecule has 0 aromatic heterocycles. The summed E-state index contributed by atoms with van der Waals surface area (Å²) in [5, 5.41) is 8.58. The van der Waals surface area contributed by atoms with Crippen LogP contribution in [-0.2, 0) is 4.79 Å². The van der Waals surface area contributed by atoms with E-state index >= 15 is 0 Å². The number of ketones is 1. The quantitative estimate of drug-likeness (QED) is 0.507. The molecular formula is C8H11NO. The highest BCUT2D eigenvalue weighted by molar-refractivity contribution is 5.81. The van der Waals surface area contributed by atoms with E-state index in [-0.39, 0.29) is 17.6 Å². The van der Waals surface area contributed by atoms with Crippen LogP contribution >= 0.6 is 0 Å². The Bertz CT molecular complexity index is 180. The molecule has 2 atom stereocenters. The minimum atomic E-state index is -0.0150. The van der Waals surface area contributed by atoms with Crippen molar-refractivity contribution < 1.29 is 4.79 Å². The van der Waals surface area contributed by atoms with Gasteiger partial charge in [0.1, 0.15) is 5.78 Å². The van der Waals surface area contributed by atoms with Gasteiger partial charge in [-0.1, -0.05) is 6.92 Å². The summed E-state index contributed by atoms with van der Waals surface area (Å²) < 4.78 is 0. The van der Waals surface area contributed by atoms with E-state index in [1.54, 1.807) is 0 Å². The molecule has 0 aromatic carbocycles. The minimum Gasteiger partial charge on any atom is -0.299 e. The van der Waals surface area contributed by atoms with Crippen LogP contribution in [0.1, 0.15) is 26.2 Å². The Morgan fingerprint density at radius 3 is 2.90 bits per heavy atom. The molecule has 0 N–H and O–H groups in total. The Balaban J connectivity index is 2.61. The molecule has 0 aliphatic heterocycles. The lowest BCUT2D eigenvalue weighted by Gasteiger charge is -2.21. The van der Waals surface area contributed by atoms with Crippen LogP contribution in [0.25, 0.3) is 0 Å². The highest BCUT2D eigenvalue weighted by Gasteiger charge is 2.27. The molecular weight excluding hydrogens is 126 g/mol. The van der Waals surface area contributed by atoms with Crippen LogP contribution in [0.4, 0.5) is 0 Å². The molecule has 10 heavy (non-hydrogen) atoms. The van der Waals surface area contributed by atoms with Crippen molar-refractivity contribution in [2.45, 2.75) is 26.2 Å². The van der Waals surface area contributed by atoms with Gasteiger partial charge in [-0.05, 0) is 12.8 Å². The normalized spacial score (nSPS) is 33.4. The lowest BCUT2D eigenvalue weighted by atomic mass is 9.80. The first-order valence-electron chi connectivity index (χ1n) is 3.68. The summed E-state index contributed by atoms with van der Waals surface area (Å²) in [6.45, 7) is 1.86. The molecule has 1 fully saturated rings. The summed E-state index contributed by atoms with van der Waals surface area (Å²) >= 11 is 0. The highest BCUT2D eigenvalue weighted by atomic mass is 16.1. The Labute approximate surface area is 60.8 Å². The van der Waals surface area contributed by atoms with Crippen molar-refractivity contribution in [3.8, 4) is 6.07 Å². The van der Waals surface area contributed by atoms with Crippen LogP contribution in [0, 0.1) is 23.2 Å². The maximum absolute atomic E-state index is 11.0. The molecule has 54 valence electrons. The van der Waals surface area contributed by atoms with Gasteiger partial charge in [0.15, 0.2) is 0 Å². The van der Waals surface area contributed by atoms with E-state index < -0.39 is 0 Å². The van der Waals surface area contributed by atoms with Crippen molar-refractivity contribution in [1.82, 2.24) is 0 Å². The lowest BCUT2D eigenvalue weighted by Crippen LogP contribution is -2.24. The van der Waals surface area contributed by atoms with Crippen LogP contribution < -0.4 is 0 Å². The van der Waals surface area contributed by atoms with Gasteiger partial charge in [0.25, 0.3) is 0 Å². The van der Waals surface area contributed by atoms with Crippen molar-refractivity contribution >= 4 is 5.78 Å². The number of nitrogens with zero attached hydrogens (tertiary/aromatic N) is 1. The highest BCUT2D eigenvalue weighted by Crippen LogP contribution is 2.25. The molecule has 1 aliphatic carbocycles. The molecule has 0 unspecified atom stereocenters. The topological polar surface area (TPSA) is 40.9 Å². The molecule has 1 saturated carbocycles. The zero-order chi connectivity index (χ0) is 7.56. The van der Waals surface area contributed by atoms with Crippen molar-refractivity contribution in [3.05, 3.63) is 0 Å². The molecule has 1 aliphatic rings. The van der Waals surface area contributed by atoms with Gasteiger partial charge in [-0.15, -0.1) is 0 Å².